The summed E-state index contributed by atoms with van der Waals surface area (Å²) in [4.78, 5) is 15.3. The average molecular weight is 504 g/mol. The molecular formula is C31H37NO5. The number of benzene rings is 2. The lowest BCUT2D eigenvalue weighted by Crippen LogP contribution is -2.39. The van der Waals surface area contributed by atoms with Gasteiger partial charge >= 0.3 is 0 Å². The van der Waals surface area contributed by atoms with E-state index in [0.717, 1.165) is 52.0 Å². The maximum absolute atomic E-state index is 12.9. The van der Waals surface area contributed by atoms with Crippen molar-refractivity contribution in [1.29, 1.82) is 0 Å². The van der Waals surface area contributed by atoms with Gasteiger partial charge in [0.1, 0.15) is 23.9 Å². The molecule has 1 aliphatic carbocycles. The highest BCUT2D eigenvalue weighted by Gasteiger charge is 2.29. The number of carbonyl (C=O) groups is 1. The van der Waals surface area contributed by atoms with E-state index in [-0.39, 0.29) is 24.1 Å². The number of fused-ring (bicyclic) bond motifs is 4. The quantitative estimate of drug-likeness (QED) is 0.620. The van der Waals surface area contributed by atoms with Gasteiger partial charge in [0.2, 0.25) is 0 Å². The molecule has 6 nitrogen and oxygen atoms in total. The number of hydrogen-bond donors (Lipinski definition) is 1. The highest BCUT2D eigenvalue weighted by Crippen LogP contribution is 2.37. The van der Waals surface area contributed by atoms with E-state index in [1.54, 1.807) is 12.1 Å². The molecule has 6 heteroatoms. The molecule has 196 valence electrons. The van der Waals surface area contributed by atoms with Gasteiger partial charge in [-0.15, -0.1) is 0 Å². The third kappa shape index (κ3) is 5.32. The van der Waals surface area contributed by atoms with Gasteiger partial charge in [0.05, 0.1) is 19.3 Å². The predicted octanol–water partition coefficient (Wildman–Crippen LogP) is 3.82. The molecular weight excluding hydrogens is 466 g/mol. The van der Waals surface area contributed by atoms with Crippen LogP contribution in [0.3, 0.4) is 0 Å². The standard InChI is InChI=1S/C31H37NO5/c1-19(2)32(20(3)4)11-13-35-25-9-7-21(8-10-25)29-16-23-14-24(33)17-26-30(27(23)18-37-29)28(34)15-22-6-5-12-36-31(22)26/h6-10,14-15,19-20,29,34H,5,11-13,16-18H2,1-4H3/t29-/m0/s1. The van der Waals surface area contributed by atoms with Crippen LogP contribution < -0.4 is 19.9 Å². The van der Waals surface area contributed by atoms with Crippen molar-refractivity contribution in [1.82, 2.24) is 4.90 Å². The van der Waals surface area contributed by atoms with E-state index in [1.807, 2.05) is 24.3 Å². The lowest BCUT2D eigenvalue weighted by Gasteiger charge is -2.30. The molecule has 1 atom stereocenters. The number of phenolic OH excluding ortho intramolecular Hbond substituents is 1. The Hall–Kier alpha value is -3.09. The van der Waals surface area contributed by atoms with Crippen LogP contribution in [0.2, 0.25) is 0 Å². The number of ether oxygens (including phenoxy) is 3. The molecule has 1 saturated heterocycles. The van der Waals surface area contributed by atoms with Gasteiger partial charge in [-0.3, -0.25) is 9.69 Å². The fraction of sp³-hybridized carbons (Fsp3) is 0.452. The molecule has 0 amide bonds. The van der Waals surface area contributed by atoms with Crippen LogP contribution in [0.4, 0.5) is 0 Å². The molecule has 2 aliphatic heterocycles. The molecule has 2 heterocycles. The predicted molar refractivity (Wildman–Crippen MR) is 144 cm³/mol. The molecule has 2 aromatic rings. The summed E-state index contributed by atoms with van der Waals surface area (Å²) >= 11 is 0. The molecule has 37 heavy (non-hydrogen) atoms. The Kier molecular flexibility index (Phi) is 7.40. The Morgan fingerprint density at radius 3 is 2.62 bits per heavy atom. The first-order valence-corrected chi connectivity index (χ1v) is 13.4. The van der Waals surface area contributed by atoms with Crippen LogP contribution in [0.15, 0.2) is 42.0 Å². The smallest absolute Gasteiger partial charge is 0.160 e. The van der Waals surface area contributed by atoms with E-state index < -0.39 is 0 Å². The largest absolute Gasteiger partial charge is 0.507 e. The van der Waals surface area contributed by atoms with Crippen molar-refractivity contribution in [3.63, 3.8) is 0 Å². The van der Waals surface area contributed by atoms with Crippen LogP contribution in [-0.2, 0) is 16.0 Å². The monoisotopic (exact) mass is 503 g/mol. The van der Waals surface area contributed by atoms with Gasteiger partial charge in [-0.25, -0.2) is 0 Å². The molecule has 5 rings (SSSR count). The summed E-state index contributed by atoms with van der Waals surface area (Å²) in [5, 5.41) is 12.5. The van der Waals surface area contributed by atoms with E-state index in [9.17, 15) is 9.90 Å². The van der Waals surface area contributed by atoms with Crippen molar-refractivity contribution in [3.8, 4) is 17.2 Å². The summed E-state index contributed by atoms with van der Waals surface area (Å²) in [6.07, 6.45) is 5.20. The Labute approximate surface area is 218 Å². The topological polar surface area (TPSA) is 68.2 Å². The second kappa shape index (κ2) is 10.7. The minimum absolute atomic E-state index is 0.0226. The third-order valence-electron chi connectivity index (χ3n) is 7.52. The normalized spacial score (nSPS) is 19.0. The fourth-order valence-corrected chi connectivity index (χ4v) is 5.76. The summed E-state index contributed by atoms with van der Waals surface area (Å²) in [5.74, 6) is 1.76. The van der Waals surface area contributed by atoms with Crippen LogP contribution in [0, 0.1) is 0 Å². The second-order valence-corrected chi connectivity index (χ2v) is 10.6. The summed E-state index contributed by atoms with van der Waals surface area (Å²) in [6.45, 7) is 11.3. The number of nitrogens with zero attached hydrogens (tertiary/aromatic N) is 1. The first kappa shape index (κ1) is 25.6. The Bertz CT molecular complexity index is 1310. The SMILES string of the molecule is CC(C)N(CCOc1ccc([C@@H]2CC3=CC(=O)Cc4c5c(cc(O)c4=C3CO2)=CCCO5)cc1)C(C)C. The second-order valence-electron chi connectivity index (χ2n) is 10.6. The molecule has 1 N–H and O–H groups in total. The summed E-state index contributed by atoms with van der Waals surface area (Å²) in [5.41, 5.74) is 3.63. The molecule has 0 saturated carbocycles. The minimum Gasteiger partial charge on any atom is -0.507 e. The van der Waals surface area contributed by atoms with Gasteiger partial charge in [-0.05, 0) is 68.7 Å². The maximum atomic E-state index is 12.9. The summed E-state index contributed by atoms with van der Waals surface area (Å²) in [6, 6.07) is 10.8. The van der Waals surface area contributed by atoms with Gasteiger partial charge in [0, 0.05) is 53.9 Å². The number of rotatable bonds is 7. The van der Waals surface area contributed by atoms with E-state index >= 15 is 0 Å². The number of allylic oxidation sites excluding steroid dienone is 1. The lowest BCUT2D eigenvalue weighted by atomic mass is 9.91. The maximum Gasteiger partial charge on any atom is 0.160 e. The van der Waals surface area contributed by atoms with Crippen LogP contribution >= 0.6 is 0 Å². The minimum atomic E-state index is -0.167. The Morgan fingerprint density at radius 1 is 1.14 bits per heavy atom. The van der Waals surface area contributed by atoms with Crippen molar-refractivity contribution in [2.45, 2.75) is 65.1 Å². The summed E-state index contributed by atoms with van der Waals surface area (Å²) in [7, 11) is 0. The fourth-order valence-electron chi connectivity index (χ4n) is 5.76. The van der Waals surface area contributed by atoms with Gasteiger partial charge in [-0.2, -0.15) is 0 Å². The van der Waals surface area contributed by atoms with Crippen molar-refractivity contribution in [2.24, 2.45) is 0 Å². The van der Waals surface area contributed by atoms with E-state index in [1.165, 1.54) is 0 Å². The Morgan fingerprint density at radius 2 is 1.89 bits per heavy atom. The van der Waals surface area contributed by atoms with Gasteiger partial charge in [0.15, 0.2) is 5.78 Å². The van der Waals surface area contributed by atoms with Crippen LogP contribution in [0.25, 0.3) is 11.6 Å². The zero-order chi connectivity index (χ0) is 26.1. The van der Waals surface area contributed by atoms with E-state index in [2.05, 4.69) is 38.7 Å². The molecule has 0 unspecified atom stereocenters. The molecule has 1 fully saturated rings. The zero-order valence-electron chi connectivity index (χ0n) is 22.3. The van der Waals surface area contributed by atoms with Gasteiger partial charge in [0.25, 0.3) is 0 Å². The molecule has 0 bridgehead atoms. The number of carbonyl (C=O) groups excluding carboxylic acids is 1. The third-order valence-corrected chi connectivity index (χ3v) is 7.52. The first-order chi connectivity index (χ1) is 17.8. The van der Waals surface area contributed by atoms with Crippen molar-refractivity contribution < 1.29 is 24.1 Å². The Balaban J connectivity index is 1.34. The molecule has 0 aromatic heterocycles. The number of aromatic hydroxyl groups is 1. The lowest BCUT2D eigenvalue weighted by molar-refractivity contribution is -0.114. The number of ketones is 1. The van der Waals surface area contributed by atoms with Crippen molar-refractivity contribution in [3.05, 3.63) is 63.5 Å². The molecule has 0 radical (unpaired) electrons. The molecule has 2 aromatic carbocycles. The summed E-state index contributed by atoms with van der Waals surface area (Å²) < 4.78 is 18.2. The van der Waals surface area contributed by atoms with Gasteiger partial charge in [-0.1, -0.05) is 18.2 Å². The highest BCUT2D eigenvalue weighted by molar-refractivity contribution is 5.97. The first-order valence-electron chi connectivity index (χ1n) is 13.4. The zero-order valence-corrected chi connectivity index (χ0v) is 22.3. The van der Waals surface area contributed by atoms with E-state index in [4.69, 9.17) is 14.2 Å². The number of phenols is 1. The van der Waals surface area contributed by atoms with Crippen molar-refractivity contribution in [2.75, 3.05) is 26.4 Å². The van der Waals surface area contributed by atoms with Crippen LogP contribution in [0.5, 0.6) is 17.2 Å². The average Bonchev–Trinajstić information content (AvgIpc) is 3.02. The van der Waals surface area contributed by atoms with Crippen molar-refractivity contribution >= 4 is 17.4 Å². The van der Waals surface area contributed by atoms with E-state index in [0.29, 0.717) is 43.5 Å². The van der Waals surface area contributed by atoms with Gasteiger partial charge < -0.3 is 19.3 Å². The number of hydrogen-bond acceptors (Lipinski definition) is 6. The molecule has 0 spiro atoms. The van der Waals surface area contributed by atoms with Crippen LogP contribution in [0.1, 0.15) is 57.8 Å². The highest BCUT2D eigenvalue weighted by atomic mass is 16.5. The van der Waals surface area contributed by atoms with Crippen LogP contribution in [-0.4, -0.2) is 54.2 Å². The molecule has 3 aliphatic rings.